The van der Waals surface area contributed by atoms with E-state index in [1.807, 2.05) is 0 Å². The van der Waals surface area contributed by atoms with Crippen molar-refractivity contribution in [2.24, 2.45) is 0 Å². The summed E-state index contributed by atoms with van der Waals surface area (Å²) in [4.78, 5) is 0. The number of hydrogen-bond donors (Lipinski definition) is 1. The number of H-pyrrole nitrogens is 1. The first-order chi connectivity index (χ1) is 2.50. The van der Waals surface area contributed by atoms with Crippen LogP contribution in [0.4, 0.5) is 0 Å². The molecule has 0 bridgehead atoms. The molecule has 1 N–H and O–H groups in total. The highest BCUT2D eigenvalue weighted by atomic mass is 35.5. The second-order valence-electron chi connectivity index (χ2n) is 0.560. The Hall–Kier alpha value is 0.520. The summed E-state index contributed by atoms with van der Waals surface area (Å²) in [6.07, 6.45) is 1.33. The van der Waals surface area contributed by atoms with Gasteiger partial charge in [-0.1, -0.05) is 5.21 Å². The van der Waals surface area contributed by atoms with Crippen LogP contribution < -0.4 is 0 Å². The molecule has 9 heteroatoms. The Morgan fingerprint density at radius 3 is 1.50 bits per heavy atom. The monoisotopic (exact) mass is 250 g/mol. The summed E-state index contributed by atoms with van der Waals surface area (Å²) in [5.41, 5.74) is 0. The van der Waals surface area contributed by atoms with E-state index in [1.54, 1.807) is 0 Å². The third-order valence-electron chi connectivity index (χ3n) is 0.270. The molecule has 0 spiro atoms. The lowest BCUT2D eigenvalue weighted by atomic mass is 11.4. The van der Waals surface area contributed by atoms with E-state index in [9.17, 15) is 0 Å². The average molecular weight is 252 g/mol. The van der Waals surface area contributed by atoms with Crippen LogP contribution in [0.2, 0.25) is 0 Å². The number of tetrazole rings is 1. The molecule has 1 rings (SSSR count). The second-order valence-corrected chi connectivity index (χ2v) is 0.560. The molecule has 10 heavy (non-hydrogen) atoms. The highest BCUT2D eigenvalue weighted by Gasteiger charge is 1.58. The molecule has 66 valence electrons. The fraction of sp³-hybridized carbons (Fsp3) is 0. The van der Waals surface area contributed by atoms with E-state index in [-0.39, 0.29) is 62.0 Å². The summed E-state index contributed by atoms with van der Waals surface area (Å²) in [7, 11) is 0. The van der Waals surface area contributed by atoms with Crippen molar-refractivity contribution in [3.05, 3.63) is 6.33 Å². The molecular weight excluding hydrogens is 245 g/mol. The number of rotatable bonds is 0. The molecule has 0 aliphatic heterocycles. The Balaban J connectivity index is -0.0000000167. The van der Waals surface area contributed by atoms with Gasteiger partial charge in [-0.05, 0) is 0 Å². The van der Waals surface area contributed by atoms with Gasteiger partial charge in [0.1, 0.15) is 0 Å². The number of halogens is 5. The molecule has 4 nitrogen and oxygen atoms in total. The van der Waals surface area contributed by atoms with Crippen LogP contribution in [0.3, 0.4) is 0 Å². The average Bonchev–Trinajstić information content (AvgIpc) is 1.76. The second kappa shape index (κ2) is 22.7. The molecule has 1 aromatic rings. The molecule has 0 unspecified atom stereocenters. The van der Waals surface area contributed by atoms with E-state index in [4.69, 9.17) is 0 Å². The minimum atomic E-state index is 0. The van der Waals surface area contributed by atoms with Crippen molar-refractivity contribution in [1.82, 2.24) is 20.6 Å². The van der Waals surface area contributed by atoms with Gasteiger partial charge in [-0.3, -0.25) is 0 Å². The molecule has 0 saturated carbocycles. The van der Waals surface area contributed by atoms with Crippen molar-refractivity contribution < 1.29 is 0 Å². The van der Waals surface area contributed by atoms with Gasteiger partial charge in [0, 0.05) is 0 Å². The fourth-order valence-corrected chi connectivity index (χ4v) is 0.129. The van der Waals surface area contributed by atoms with Crippen LogP contribution in [0.5, 0.6) is 0 Å². The zero-order valence-corrected chi connectivity index (χ0v) is 8.54. The summed E-state index contributed by atoms with van der Waals surface area (Å²) >= 11 is 0. The van der Waals surface area contributed by atoms with Gasteiger partial charge in [0.05, 0.1) is 0 Å². The number of aromatic amines is 1. The fourth-order valence-electron chi connectivity index (χ4n) is 0.129. The molecule has 1 heterocycles. The smallest absolute Gasteiger partial charge is 0.161 e. The van der Waals surface area contributed by atoms with Crippen molar-refractivity contribution in [2.75, 3.05) is 0 Å². The van der Waals surface area contributed by atoms with Crippen LogP contribution in [0, 0.1) is 0 Å². The molecular formula is CH7Cl5N4. The lowest BCUT2D eigenvalue weighted by molar-refractivity contribution is 0.881. The SMILES string of the molecule is Cl.Cl.Cl.Cl.Cl.c1nn[nH]n1. The number of aromatic nitrogens is 4. The molecule has 0 aromatic carbocycles. The summed E-state index contributed by atoms with van der Waals surface area (Å²) in [6, 6.07) is 0. The Bertz CT molecular complexity index is 70.1. The largest absolute Gasteiger partial charge is 0.177 e. The third kappa shape index (κ3) is 15.8. The number of nitrogens with one attached hydrogen (secondary N) is 1. The van der Waals surface area contributed by atoms with Crippen molar-refractivity contribution in [1.29, 1.82) is 0 Å². The van der Waals surface area contributed by atoms with E-state index in [1.165, 1.54) is 6.33 Å². The first-order valence-corrected chi connectivity index (χ1v) is 1.16. The normalized spacial score (nSPS) is 4.00. The van der Waals surface area contributed by atoms with Crippen LogP contribution >= 0.6 is 62.0 Å². The predicted octanol–water partition coefficient (Wildman–Crippen LogP) is 1.31. The molecule has 0 fully saturated rings. The lowest BCUT2D eigenvalue weighted by Gasteiger charge is -1.44. The molecule has 0 saturated heterocycles. The molecule has 0 aliphatic carbocycles. The standard InChI is InChI=1S/CH2N4.5ClH/c1-2-4-5-3-1;;;;;/h1H,(H,2,3,4,5);5*1H. The molecule has 1 aromatic heterocycles. The molecule has 0 atom stereocenters. The quantitative estimate of drug-likeness (QED) is 0.757. The van der Waals surface area contributed by atoms with Crippen molar-refractivity contribution in [3.63, 3.8) is 0 Å². The van der Waals surface area contributed by atoms with E-state index < -0.39 is 0 Å². The lowest BCUT2D eigenvalue weighted by Crippen LogP contribution is -1.64. The van der Waals surface area contributed by atoms with Gasteiger partial charge in [-0.25, -0.2) is 0 Å². The van der Waals surface area contributed by atoms with Crippen molar-refractivity contribution >= 4 is 62.0 Å². The van der Waals surface area contributed by atoms with E-state index >= 15 is 0 Å². The summed E-state index contributed by atoms with van der Waals surface area (Å²) < 4.78 is 0. The van der Waals surface area contributed by atoms with Crippen LogP contribution in [-0.2, 0) is 0 Å². The van der Waals surface area contributed by atoms with Crippen LogP contribution in [0.25, 0.3) is 0 Å². The Morgan fingerprint density at radius 1 is 0.900 bits per heavy atom. The maximum absolute atomic E-state index is 3.38. The predicted molar refractivity (Wildman–Crippen MR) is 50.4 cm³/mol. The van der Waals surface area contributed by atoms with E-state index in [2.05, 4.69) is 20.6 Å². The van der Waals surface area contributed by atoms with Gasteiger partial charge in [0.2, 0.25) is 0 Å². The van der Waals surface area contributed by atoms with Gasteiger partial charge in [0.15, 0.2) is 6.33 Å². The maximum Gasteiger partial charge on any atom is 0.161 e. The Labute approximate surface area is 89.0 Å². The zero-order chi connectivity index (χ0) is 3.54. The minimum Gasteiger partial charge on any atom is -0.177 e. The van der Waals surface area contributed by atoms with Crippen LogP contribution in [0.15, 0.2) is 6.33 Å². The first-order valence-electron chi connectivity index (χ1n) is 1.16. The molecule has 0 radical (unpaired) electrons. The number of nitrogens with zero attached hydrogens (tertiary/aromatic N) is 3. The topological polar surface area (TPSA) is 54.5 Å². The number of hydrogen-bond acceptors (Lipinski definition) is 3. The Kier molecular flexibility index (Phi) is 71.0. The zero-order valence-electron chi connectivity index (χ0n) is 4.46. The van der Waals surface area contributed by atoms with Gasteiger partial charge in [-0.15, -0.1) is 72.2 Å². The van der Waals surface area contributed by atoms with Gasteiger partial charge in [0.25, 0.3) is 0 Å². The molecule has 0 aliphatic rings. The molecule has 0 amide bonds. The van der Waals surface area contributed by atoms with Crippen LogP contribution in [-0.4, -0.2) is 20.6 Å². The summed E-state index contributed by atoms with van der Waals surface area (Å²) in [6.45, 7) is 0. The van der Waals surface area contributed by atoms with Crippen LogP contribution in [0.1, 0.15) is 0 Å². The van der Waals surface area contributed by atoms with E-state index in [0.29, 0.717) is 0 Å². The van der Waals surface area contributed by atoms with Crippen molar-refractivity contribution in [3.8, 4) is 0 Å². The first kappa shape index (κ1) is 31.3. The maximum atomic E-state index is 3.38. The van der Waals surface area contributed by atoms with Gasteiger partial charge < -0.3 is 0 Å². The highest BCUT2D eigenvalue weighted by molar-refractivity contribution is 5.86. The summed E-state index contributed by atoms with van der Waals surface area (Å²) in [5, 5.41) is 12.2. The Morgan fingerprint density at radius 2 is 1.40 bits per heavy atom. The minimum absolute atomic E-state index is 0. The summed E-state index contributed by atoms with van der Waals surface area (Å²) in [5.74, 6) is 0. The highest BCUT2D eigenvalue weighted by Crippen LogP contribution is 1.43. The van der Waals surface area contributed by atoms with E-state index in [0.717, 1.165) is 0 Å². The van der Waals surface area contributed by atoms with Gasteiger partial charge in [-0.2, -0.15) is 5.21 Å². The van der Waals surface area contributed by atoms with Gasteiger partial charge >= 0.3 is 0 Å². The third-order valence-corrected chi connectivity index (χ3v) is 0.270. The van der Waals surface area contributed by atoms with Crippen molar-refractivity contribution in [2.45, 2.75) is 0 Å².